The predicted molar refractivity (Wildman–Crippen MR) is 67.8 cm³/mol. The zero-order valence-electron chi connectivity index (χ0n) is 9.68. The van der Waals surface area contributed by atoms with Gasteiger partial charge in [-0.3, -0.25) is 0 Å². The lowest BCUT2D eigenvalue weighted by atomic mass is 10.0. The highest BCUT2D eigenvalue weighted by molar-refractivity contribution is 6.30. The third kappa shape index (κ3) is 2.16. The van der Waals surface area contributed by atoms with Crippen molar-refractivity contribution in [2.45, 2.75) is 12.5 Å². The summed E-state index contributed by atoms with van der Waals surface area (Å²) in [6.07, 6.45) is 0.580. The molecule has 0 radical (unpaired) electrons. The molecule has 0 saturated heterocycles. The Hall–Kier alpha value is -1.68. The smallest absolute Gasteiger partial charge is 0.194 e. The van der Waals surface area contributed by atoms with E-state index in [1.54, 1.807) is 12.1 Å². The lowest BCUT2D eigenvalue weighted by molar-refractivity contribution is 0.444. The Morgan fingerprint density at radius 2 is 1.74 bits per heavy atom. The van der Waals surface area contributed by atoms with Gasteiger partial charge in [0.15, 0.2) is 17.5 Å². The van der Waals surface area contributed by atoms with Crippen molar-refractivity contribution in [3.63, 3.8) is 0 Å². The average Bonchev–Trinajstić information content (AvgIpc) is 2.78. The molecule has 0 aromatic heterocycles. The second-order valence-electron chi connectivity index (χ2n) is 4.50. The van der Waals surface area contributed by atoms with Gasteiger partial charge in [0.1, 0.15) is 0 Å². The van der Waals surface area contributed by atoms with Crippen molar-refractivity contribution < 1.29 is 13.2 Å². The molecule has 3 rings (SSSR count). The molecular weight excluding hydrogens is 275 g/mol. The van der Waals surface area contributed by atoms with Crippen molar-refractivity contribution in [3.05, 3.63) is 63.9 Å². The Kier molecular flexibility index (Phi) is 2.90. The summed E-state index contributed by atoms with van der Waals surface area (Å²) < 4.78 is 39.4. The molecule has 2 aromatic rings. The Morgan fingerprint density at radius 1 is 1.05 bits per heavy atom. The Labute approximate surface area is 113 Å². The zero-order valence-corrected chi connectivity index (χ0v) is 10.4. The molecule has 1 N–H and O–H groups in total. The second-order valence-corrected chi connectivity index (χ2v) is 4.94. The first-order valence-corrected chi connectivity index (χ1v) is 6.12. The topological polar surface area (TPSA) is 12.0 Å². The van der Waals surface area contributed by atoms with Crippen LogP contribution in [-0.4, -0.2) is 0 Å². The van der Waals surface area contributed by atoms with Crippen molar-refractivity contribution >= 4 is 17.3 Å². The van der Waals surface area contributed by atoms with Gasteiger partial charge in [-0.05, 0) is 41.8 Å². The SMILES string of the molecule is Fc1cc(C2Cc3ccc(Cl)cc3N2)cc(F)c1F. The van der Waals surface area contributed by atoms with Crippen LogP contribution >= 0.6 is 11.6 Å². The van der Waals surface area contributed by atoms with E-state index in [4.69, 9.17) is 11.6 Å². The molecule has 19 heavy (non-hydrogen) atoms. The van der Waals surface area contributed by atoms with Crippen LogP contribution in [-0.2, 0) is 6.42 Å². The van der Waals surface area contributed by atoms with Gasteiger partial charge in [-0.2, -0.15) is 0 Å². The summed E-state index contributed by atoms with van der Waals surface area (Å²) in [5.41, 5.74) is 2.23. The summed E-state index contributed by atoms with van der Waals surface area (Å²) >= 11 is 5.88. The average molecular weight is 284 g/mol. The molecule has 0 amide bonds. The maximum Gasteiger partial charge on any atom is 0.194 e. The first-order valence-electron chi connectivity index (χ1n) is 5.74. The quantitative estimate of drug-likeness (QED) is 0.762. The van der Waals surface area contributed by atoms with Gasteiger partial charge >= 0.3 is 0 Å². The molecule has 1 nitrogen and oxygen atoms in total. The van der Waals surface area contributed by atoms with Crippen LogP contribution in [0.1, 0.15) is 17.2 Å². The molecule has 0 spiro atoms. The van der Waals surface area contributed by atoms with Gasteiger partial charge in [-0.1, -0.05) is 17.7 Å². The van der Waals surface area contributed by atoms with Gasteiger partial charge < -0.3 is 5.32 Å². The highest BCUT2D eigenvalue weighted by Gasteiger charge is 2.24. The predicted octanol–water partition coefficient (Wildman–Crippen LogP) is 4.47. The van der Waals surface area contributed by atoms with E-state index in [0.29, 0.717) is 17.0 Å². The number of anilines is 1. The molecule has 1 unspecified atom stereocenters. The minimum atomic E-state index is -1.44. The van der Waals surface area contributed by atoms with E-state index in [2.05, 4.69) is 5.32 Å². The van der Waals surface area contributed by atoms with Crippen LogP contribution in [0.5, 0.6) is 0 Å². The van der Waals surface area contributed by atoms with Gasteiger partial charge in [0, 0.05) is 10.7 Å². The van der Waals surface area contributed by atoms with Gasteiger partial charge in [-0.15, -0.1) is 0 Å². The molecule has 1 atom stereocenters. The molecule has 5 heteroatoms. The van der Waals surface area contributed by atoms with Crippen LogP contribution in [0.4, 0.5) is 18.9 Å². The van der Waals surface area contributed by atoms with Crippen LogP contribution in [0.2, 0.25) is 5.02 Å². The van der Waals surface area contributed by atoms with Crippen LogP contribution in [0.25, 0.3) is 0 Å². The van der Waals surface area contributed by atoms with Gasteiger partial charge in [0.05, 0.1) is 6.04 Å². The Bertz CT molecular complexity index is 634. The molecule has 0 aliphatic carbocycles. The number of hydrogen-bond acceptors (Lipinski definition) is 1. The van der Waals surface area contributed by atoms with Gasteiger partial charge in [0.2, 0.25) is 0 Å². The summed E-state index contributed by atoms with van der Waals surface area (Å²) in [4.78, 5) is 0. The zero-order chi connectivity index (χ0) is 13.6. The van der Waals surface area contributed by atoms with Crippen molar-refractivity contribution in [1.29, 1.82) is 0 Å². The monoisotopic (exact) mass is 283 g/mol. The van der Waals surface area contributed by atoms with Crippen LogP contribution in [0, 0.1) is 17.5 Å². The molecule has 0 saturated carbocycles. The van der Waals surface area contributed by atoms with E-state index in [1.807, 2.05) is 6.07 Å². The van der Waals surface area contributed by atoms with Crippen molar-refractivity contribution in [1.82, 2.24) is 0 Å². The van der Waals surface area contributed by atoms with E-state index < -0.39 is 17.5 Å². The van der Waals surface area contributed by atoms with E-state index >= 15 is 0 Å². The Morgan fingerprint density at radius 3 is 2.42 bits per heavy atom. The maximum atomic E-state index is 13.2. The summed E-state index contributed by atoms with van der Waals surface area (Å²) in [5.74, 6) is -3.79. The molecule has 1 aliphatic rings. The Balaban J connectivity index is 1.95. The second kappa shape index (κ2) is 4.46. The molecular formula is C14H9ClF3N. The highest BCUT2D eigenvalue weighted by atomic mass is 35.5. The van der Waals surface area contributed by atoms with E-state index in [9.17, 15) is 13.2 Å². The maximum absolute atomic E-state index is 13.2. The lowest BCUT2D eigenvalue weighted by Gasteiger charge is -2.12. The van der Waals surface area contributed by atoms with Crippen molar-refractivity contribution in [2.75, 3.05) is 5.32 Å². The lowest BCUT2D eigenvalue weighted by Crippen LogP contribution is -2.07. The first-order chi connectivity index (χ1) is 9.04. The normalized spacial score (nSPS) is 17.2. The van der Waals surface area contributed by atoms with Crippen molar-refractivity contribution in [3.8, 4) is 0 Å². The molecule has 2 aromatic carbocycles. The largest absolute Gasteiger partial charge is 0.378 e. The fourth-order valence-electron chi connectivity index (χ4n) is 2.30. The molecule has 0 fully saturated rings. The number of rotatable bonds is 1. The molecule has 1 heterocycles. The summed E-state index contributed by atoms with van der Waals surface area (Å²) in [6, 6.07) is 7.13. The van der Waals surface area contributed by atoms with Gasteiger partial charge in [-0.25, -0.2) is 13.2 Å². The van der Waals surface area contributed by atoms with Crippen LogP contribution < -0.4 is 5.32 Å². The minimum Gasteiger partial charge on any atom is -0.378 e. The molecule has 98 valence electrons. The fourth-order valence-corrected chi connectivity index (χ4v) is 2.47. The standard InChI is InChI=1S/C14H9ClF3N/c15-9-2-1-7-5-12(19-13(7)6-9)8-3-10(16)14(18)11(17)4-8/h1-4,6,12,19H,5H2. The fraction of sp³-hybridized carbons (Fsp3) is 0.143. The molecule has 1 aliphatic heterocycles. The summed E-state index contributed by atoms with van der Waals surface area (Å²) in [6.45, 7) is 0. The van der Waals surface area contributed by atoms with Crippen LogP contribution in [0.15, 0.2) is 30.3 Å². The van der Waals surface area contributed by atoms with Crippen LogP contribution in [0.3, 0.4) is 0 Å². The van der Waals surface area contributed by atoms with Crippen molar-refractivity contribution in [2.24, 2.45) is 0 Å². The number of halogens is 4. The minimum absolute atomic E-state index is 0.280. The van der Waals surface area contributed by atoms with Gasteiger partial charge in [0.25, 0.3) is 0 Å². The summed E-state index contributed by atoms with van der Waals surface area (Å²) in [5, 5.41) is 3.71. The third-order valence-electron chi connectivity index (χ3n) is 3.23. The van der Waals surface area contributed by atoms with E-state index in [-0.39, 0.29) is 6.04 Å². The highest BCUT2D eigenvalue weighted by Crippen LogP contribution is 2.36. The first kappa shape index (κ1) is 12.4. The summed E-state index contributed by atoms with van der Waals surface area (Å²) in [7, 11) is 0. The number of fused-ring (bicyclic) bond motifs is 1. The number of nitrogens with one attached hydrogen (secondary N) is 1. The number of hydrogen-bond donors (Lipinski definition) is 1. The van der Waals surface area contributed by atoms with E-state index in [0.717, 1.165) is 23.4 Å². The number of benzene rings is 2. The van der Waals surface area contributed by atoms with E-state index in [1.165, 1.54) is 0 Å². The third-order valence-corrected chi connectivity index (χ3v) is 3.47. The molecule has 0 bridgehead atoms.